The van der Waals surface area contributed by atoms with Gasteiger partial charge in [-0.1, -0.05) is 23.2 Å². The topological polar surface area (TPSA) is 55.4 Å². The summed E-state index contributed by atoms with van der Waals surface area (Å²) in [4.78, 5) is 24.7. The van der Waals surface area contributed by atoms with Gasteiger partial charge in [0.2, 0.25) is 0 Å². The van der Waals surface area contributed by atoms with E-state index in [4.69, 9.17) is 27.9 Å². The Hall–Kier alpha value is -1.69. The lowest BCUT2D eigenvalue weighted by atomic mass is 10.2. The number of nitrogens with one attached hydrogen (secondary N) is 1. The predicted molar refractivity (Wildman–Crippen MR) is 93.6 cm³/mol. The summed E-state index contributed by atoms with van der Waals surface area (Å²) >= 11 is 13.3. The molecule has 0 saturated heterocycles. The highest BCUT2D eigenvalue weighted by Crippen LogP contribution is 2.25. The van der Waals surface area contributed by atoms with Crippen molar-refractivity contribution >= 4 is 52.5 Å². The molecule has 0 unspecified atom stereocenters. The molecule has 0 saturated carbocycles. The average Bonchev–Trinajstić information content (AvgIpc) is 2.55. The lowest BCUT2D eigenvalue weighted by Crippen LogP contribution is -2.21. The fraction of sp³-hybridized carbons (Fsp3) is 0.125. The van der Waals surface area contributed by atoms with Crippen molar-refractivity contribution < 1.29 is 14.3 Å². The molecule has 2 aromatic rings. The highest BCUT2D eigenvalue weighted by molar-refractivity contribution is 7.98. The minimum absolute atomic E-state index is 0.310. The molecule has 7 heteroatoms. The van der Waals surface area contributed by atoms with Gasteiger partial charge in [-0.05, 0) is 48.7 Å². The first kappa shape index (κ1) is 17.7. The zero-order valence-electron chi connectivity index (χ0n) is 12.1. The Morgan fingerprint density at radius 1 is 1.13 bits per heavy atom. The van der Waals surface area contributed by atoms with Crippen LogP contribution >= 0.6 is 35.0 Å². The number of ether oxygens (including phenoxy) is 1. The van der Waals surface area contributed by atoms with Crippen molar-refractivity contribution in [2.45, 2.75) is 4.90 Å². The monoisotopic (exact) mass is 369 g/mol. The minimum atomic E-state index is -0.560. The van der Waals surface area contributed by atoms with Gasteiger partial charge >= 0.3 is 5.97 Å². The Kier molecular flexibility index (Phi) is 6.33. The van der Waals surface area contributed by atoms with Crippen LogP contribution in [0, 0.1) is 0 Å². The summed E-state index contributed by atoms with van der Waals surface area (Å²) < 4.78 is 4.97. The largest absolute Gasteiger partial charge is 0.452 e. The van der Waals surface area contributed by atoms with E-state index in [1.165, 1.54) is 6.07 Å². The normalized spacial score (nSPS) is 10.2. The van der Waals surface area contributed by atoms with Crippen LogP contribution in [0.4, 0.5) is 5.69 Å². The van der Waals surface area contributed by atoms with Gasteiger partial charge in [-0.2, -0.15) is 0 Å². The maximum Gasteiger partial charge on any atom is 0.338 e. The van der Waals surface area contributed by atoms with Gasteiger partial charge in [0.15, 0.2) is 6.61 Å². The molecule has 1 N–H and O–H groups in total. The van der Waals surface area contributed by atoms with Crippen LogP contribution in [0.15, 0.2) is 47.4 Å². The Balaban J connectivity index is 1.89. The van der Waals surface area contributed by atoms with E-state index < -0.39 is 18.5 Å². The molecule has 0 atom stereocenters. The van der Waals surface area contributed by atoms with Crippen LogP contribution in [0.5, 0.6) is 0 Å². The second-order valence-corrected chi connectivity index (χ2v) is 6.20. The summed E-state index contributed by atoms with van der Waals surface area (Å²) in [7, 11) is 0. The zero-order chi connectivity index (χ0) is 16.8. The van der Waals surface area contributed by atoms with E-state index in [-0.39, 0.29) is 0 Å². The molecule has 0 heterocycles. The predicted octanol–water partition coefficient (Wildman–Crippen LogP) is 4.51. The highest BCUT2D eigenvalue weighted by atomic mass is 35.5. The van der Waals surface area contributed by atoms with Crippen LogP contribution < -0.4 is 5.32 Å². The molecule has 2 rings (SSSR count). The Morgan fingerprint density at radius 2 is 1.83 bits per heavy atom. The molecule has 2 aromatic carbocycles. The van der Waals surface area contributed by atoms with E-state index in [2.05, 4.69) is 5.32 Å². The number of thioether (sulfide) groups is 1. The first-order valence-electron chi connectivity index (χ1n) is 6.55. The number of carbonyl (C=O) groups is 2. The lowest BCUT2D eigenvalue weighted by Gasteiger charge is -2.08. The van der Waals surface area contributed by atoms with Gasteiger partial charge in [-0.15, -0.1) is 11.8 Å². The average molecular weight is 370 g/mol. The Morgan fingerprint density at radius 3 is 2.43 bits per heavy atom. The summed E-state index contributed by atoms with van der Waals surface area (Å²) in [6.07, 6.45) is 1.94. The van der Waals surface area contributed by atoms with E-state index in [9.17, 15) is 9.59 Å². The molecule has 0 fully saturated rings. The number of esters is 1. The smallest absolute Gasteiger partial charge is 0.338 e. The highest BCUT2D eigenvalue weighted by Gasteiger charge is 2.11. The van der Waals surface area contributed by atoms with Crippen LogP contribution in [0.2, 0.25) is 10.0 Å². The summed E-state index contributed by atoms with van der Waals surface area (Å²) in [6.45, 7) is -0.401. The third kappa shape index (κ3) is 5.16. The third-order valence-electron chi connectivity index (χ3n) is 2.87. The SMILES string of the molecule is CSc1ccc(C(=O)OCC(=O)Nc2ccc(Cl)cc2Cl)cc1. The molecular weight excluding hydrogens is 357 g/mol. The van der Waals surface area contributed by atoms with Crippen LogP contribution in [0.3, 0.4) is 0 Å². The van der Waals surface area contributed by atoms with E-state index in [0.29, 0.717) is 21.3 Å². The van der Waals surface area contributed by atoms with Gasteiger partial charge in [0.1, 0.15) is 0 Å². The van der Waals surface area contributed by atoms with Gasteiger partial charge in [-0.25, -0.2) is 4.79 Å². The molecule has 0 radical (unpaired) electrons. The van der Waals surface area contributed by atoms with Crippen molar-refractivity contribution in [3.8, 4) is 0 Å². The van der Waals surface area contributed by atoms with E-state index in [1.807, 2.05) is 18.4 Å². The minimum Gasteiger partial charge on any atom is -0.452 e. The zero-order valence-corrected chi connectivity index (χ0v) is 14.5. The van der Waals surface area contributed by atoms with Crippen LogP contribution in [0.25, 0.3) is 0 Å². The number of benzene rings is 2. The second kappa shape index (κ2) is 8.24. The standard InChI is InChI=1S/C16H13Cl2NO3S/c1-23-12-5-2-10(3-6-12)16(21)22-9-15(20)19-14-7-4-11(17)8-13(14)18/h2-8H,9H2,1H3,(H,19,20). The molecule has 0 aromatic heterocycles. The molecule has 0 aliphatic rings. The summed E-state index contributed by atoms with van der Waals surface area (Å²) in [6, 6.07) is 11.6. The van der Waals surface area contributed by atoms with Crippen LogP contribution in [0.1, 0.15) is 10.4 Å². The molecular formula is C16H13Cl2NO3S. The molecule has 0 spiro atoms. The number of amides is 1. The number of halogens is 2. The maximum atomic E-state index is 11.9. The molecule has 23 heavy (non-hydrogen) atoms. The van der Waals surface area contributed by atoms with Crippen molar-refractivity contribution in [1.82, 2.24) is 0 Å². The van der Waals surface area contributed by atoms with Crippen LogP contribution in [-0.2, 0) is 9.53 Å². The number of carbonyl (C=O) groups excluding carboxylic acids is 2. The second-order valence-electron chi connectivity index (χ2n) is 4.48. The Bertz CT molecular complexity index is 720. The number of anilines is 1. The summed E-state index contributed by atoms with van der Waals surface area (Å²) in [5.74, 6) is -1.04. The molecule has 0 aliphatic carbocycles. The summed E-state index contributed by atoms with van der Waals surface area (Å²) in [5, 5.41) is 3.33. The van der Waals surface area contributed by atoms with Crippen molar-refractivity contribution in [3.63, 3.8) is 0 Å². The van der Waals surface area contributed by atoms with Crippen LogP contribution in [-0.4, -0.2) is 24.7 Å². The number of rotatable bonds is 5. The fourth-order valence-corrected chi connectivity index (χ4v) is 2.58. The first-order chi connectivity index (χ1) is 11.0. The van der Waals surface area contributed by atoms with Gasteiger partial charge in [0, 0.05) is 9.92 Å². The quantitative estimate of drug-likeness (QED) is 0.622. The van der Waals surface area contributed by atoms with E-state index in [0.717, 1.165) is 4.90 Å². The van der Waals surface area contributed by atoms with Crippen molar-refractivity contribution in [2.75, 3.05) is 18.2 Å². The fourth-order valence-electron chi connectivity index (χ4n) is 1.72. The van der Waals surface area contributed by atoms with Crippen molar-refractivity contribution in [2.24, 2.45) is 0 Å². The lowest BCUT2D eigenvalue weighted by molar-refractivity contribution is -0.119. The molecule has 1 amide bonds. The van der Waals surface area contributed by atoms with Crippen molar-refractivity contribution in [3.05, 3.63) is 58.1 Å². The first-order valence-corrected chi connectivity index (χ1v) is 8.54. The van der Waals surface area contributed by atoms with Crippen molar-refractivity contribution in [1.29, 1.82) is 0 Å². The van der Waals surface area contributed by atoms with Gasteiger partial charge < -0.3 is 10.1 Å². The number of hydrogen-bond donors (Lipinski definition) is 1. The van der Waals surface area contributed by atoms with Gasteiger partial charge in [-0.3, -0.25) is 4.79 Å². The molecule has 0 bridgehead atoms. The van der Waals surface area contributed by atoms with Gasteiger partial charge in [0.05, 0.1) is 16.3 Å². The molecule has 0 aliphatic heterocycles. The summed E-state index contributed by atoms with van der Waals surface area (Å²) in [5.41, 5.74) is 0.793. The molecule has 120 valence electrons. The van der Waals surface area contributed by atoms with E-state index >= 15 is 0 Å². The molecule has 4 nitrogen and oxygen atoms in total. The third-order valence-corrected chi connectivity index (χ3v) is 4.16. The van der Waals surface area contributed by atoms with Gasteiger partial charge in [0.25, 0.3) is 5.91 Å². The number of hydrogen-bond acceptors (Lipinski definition) is 4. The Labute approximate surface area is 148 Å². The maximum absolute atomic E-state index is 11.9. The van der Waals surface area contributed by atoms with E-state index in [1.54, 1.807) is 36.0 Å².